The van der Waals surface area contributed by atoms with Crippen molar-refractivity contribution in [1.82, 2.24) is 4.98 Å². The van der Waals surface area contributed by atoms with Gasteiger partial charge in [-0.3, -0.25) is 19.7 Å². The van der Waals surface area contributed by atoms with Crippen LogP contribution in [-0.2, 0) is 0 Å². The second-order valence-corrected chi connectivity index (χ2v) is 6.85. The number of hydrogen-bond donors (Lipinski definition) is 1. The van der Waals surface area contributed by atoms with Crippen LogP contribution in [0.3, 0.4) is 0 Å². The topological polar surface area (TPSA) is 131 Å². The van der Waals surface area contributed by atoms with E-state index in [-0.39, 0.29) is 28.2 Å². The predicted molar refractivity (Wildman–Crippen MR) is 110 cm³/mol. The normalized spacial score (nSPS) is 10.3. The Morgan fingerprint density at radius 1 is 0.933 bits per heavy atom. The number of pyridine rings is 1. The van der Waals surface area contributed by atoms with Crippen LogP contribution in [-0.4, -0.2) is 32.8 Å². The van der Waals surface area contributed by atoms with Gasteiger partial charge in [0.2, 0.25) is 0 Å². The van der Waals surface area contributed by atoms with Crippen molar-refractivity contribution in [2.24, 2.45) is 0 Å². The second-order valence-electron chi connectivity index (χ2n) is 5.94. The first-order valence-corrected chi connectivity index (χ1v) is 9.16. The lowest BCUT2D eigenvalue weighted by Gasteiger charge is -2.21. The van der Waals surface area contributed by atoms with Gasteiger partial charge in [-0.2, -0.15) is 0 Å². The number of nitrogens with zero attached hydrogens (tertiary/aromatic N) is 3. The molecule has 0 spiro atoms. The quantitative estimate of drug-likeness (QED) is 0.340. The zero-order valence-electron chi connectivity index (χ0n) is 15.1. The van der Waals surface area contributed by atoms with Crippen LogP contribution in [0, 0.1) is 10.1 Å². The lowest BCUT2D eigenvalue weighted by atomic mass is 10.1. The highest BCUT2D eigenvalue weighted by Crippen LogP contribution is 2.23. The van der Waals surface area contributed by atoms with Gasteiger partial charge < -0.3 is 5.11 Å². The van der Waals surface area contributed by atoms with E-state index in [1.165, 1.54) is 48.7 Å². The summed E-state index contributed by atoms with van der Waals surface area (Å²) in [6, 6.07) is 13.1. The third kappa shape index (κ3) is 4.23. The maximum atomic E-state index is 13.2. The molecule has 0 aliphatic carbocycles. The molecular formula is C20H12BrN3O6. The van der Waals surface area contributed by atoms with E-state index >= 15 is 0 Å². The Morgan fingerprint density at radius 2 is 1.57 bits per heavy atom. The number of aromatic nitrogens is 1. The Balaban J connectivity index is 2.10. The van der Waals surface area contributed by atoms with E-state index in [2.05, 4.69) is 20.9 Å². The number of amides is 2. The number of benzene rings is 2. The zero-order chi connectivity index (χ0) is 21.8. The Hall–Kier alpha value is -3.92. The van der Waals surface area contributed by atoms with Crippen molar-refractivity contribution in [3.05, 3.63) is 98.1 Å². The lowest BCUT2D eigenvalue weighted by Crippen LogP contribution is -2.38. The highest BCUT2D eigenvalue weighted by molar-refractivity contribution is 9.10. The van der Waals surface area contributed by atoms with Crippen molar-refractivity contribution >= 4 is 45.2 Å². The maximum absolute atomic E-state index is 13.2. The highest BCUT2D eigenvalue weighted by Gasteiger charge is 2.30. The van der Waals surface area contributed by atoms with E-state index in [0.29, 0.717) is 4.47 Å². The SMILES string of the molecule is O=C(O)c1ccccc1C(=O)N(C(=O)c1ccc([N+](=O)[O-])cc1)c1ccc(Br)cn1. The van der Waals surface area contributed by atoms with Crippen molar-refractivity contribution < 1.29 is 24.4 Å². The number of nitro groups is 1. The number of halogens is 1. The van der Waals surface area contributed by atoms with Crippen molar-refractivity contribution in [2.75, 3.05) is 4.90 Å². The smallest absolute Gasteiger partial charge is 0.336 e. The summed E-state index contributed by atoms with van der Waals surface area (Å²) in [6.45, 7) is 0. The van der Waals surface area contributed by atoms with Crippen LogP contribution in [0.4, 0.5) is 11.5 Å². The Labute approximate surface area is 177 Å². The number of carbonyl (C=O) groups excluding carboxylic acids is 2. The number of anilines is 1. The standard InChI is InChI=1S/C20H12BrN3O6/c21-13-7-10-17(22-11-13)23(18(25)12-5-8-14(9-6-12)24(29)30)19(26)15-3-1-2-4-16(15)20(27)28/h1-11H,(H,27,28). The molecule has 3 aromatic rings. The van der Waals surface area contributed by atoms with E-state index in [4.69, 9.17) is 0 Å². The third-order valence-corrected chi connectivity index (χ3v) is 4.53. The van der Waals surface area contributed by atoms with Crippen molar-refractivity contribution in [3.8, 4) is 0 Å². The molecular weight excluding hydrogens is 458 g/mol. The van der Waals surface area contributed by atoms with Gasteiger partial charge in [0.1, 0.15) is 5.82 Å². The van der Waals surface area contributed by atoms with Crippen LogP contribution in [0.25, 0.3) is 0 Å². The summed E-state index contributed by atoms with van der Waals surface area (Å²) in [5, 5.41) is 20.3. The van der Waals surface area contributed by atoms with Crippen LogP contribution in [0.1, 0.15) is 31.1 Å². The van der Waals surface area contributed by atoms with E-state index in [1.807, 2.05) is 0 Å². The number of aromatic carboxylic acids is 1. The molecule has 0 aliphatic rings. The second kappa shape index (κ2) is 8.62. The largest absolute Gasteiger partial charge is 0.478 e. The van der Waals surface area contributed by atoms with Crippen LogP contribution in [0.2, 0.25) is 0 Å². The molecule has 0 aliphatic heterocycles. The minimum absolute atomic E-state index is 0.00789. The molecule has 2 amide bonds. The van der Waals surface area contributed by atoms with Gasteiger partial charge in [-0.15, -0.1) is 0 Å². The minimum Gasteiger partial charge on any atom is -0.478 e. The third-order valence-electron chi connectivity index (χ3n) is 4.06. The predicted octanol–water partition coefficient (Wildman–Crippen LogP) is 3.94. The molecule has 2 aromatic carbocycles. The van der Waals surface area contributed by atoms with Gasteiger partial charge in [-0.1, -0.05) is 12.1 Å². The molecule has 1 N–H and O–H groups in total. The number of hydrogen-bond acceptors (Lipinski definition) is 6. The van der Waals surface area contributed by atoms with E-state index in [1.54, 1.807) is 6.07 Å². The number of nitro benzene ring substituents is 1. The van der Waals surface area contributed by atoms with E-state index in [9.17, 15) is 29.6 Å². The van der Waals surface area contributed by atoms with E-state index < -0.39 is 22.7 Å². The van der Waals surface area contributed by atoms with Crippen molar-refractivity contribution in [3.63, 3.8) is 0 Å². The lowest BCUT2D eigenvalue weighted by molar-refractivity contribution is -0.384. The molecule has 0 saturated carbocycles. The number of carbonyl (C=O) groups is 3. The average molecular weight is 470 g/mol. The van der Waals surface area contributed by atoms with Gasteiger partial charge in [0.05, 0.1) is 16.1 Å². The molecule has 0 unspecified atom stereocenters. The van der Waals surface area contributed by atoms with Crippen molar-refractivity contribution in [2.45, 2.75) is 0 Å². The van der Waals surface area contributed by atoms with Crippen molar-refractivity contribution in [1.29, 1.82) is 0 Å². The van der Waals surface area contributed by atoms with E-state index in [0.717, 1.165) is 17.0 Å². The highest BCUT2D eigenvalue weighted by atomic mass is 79.9. The molecule has 0 saturated heterocycles. The summed E-state index contributed by atoms with van der Waals surface area (Å²) in [7, 11) is 0. The molecule has 150 valence electrons. The van der Waals surface area contributed by atoms with Gasteiger partial charge >= 0.3 is 5.97 Å². The molecule has 0 radical (unpaired) electrons. The van der Waals surface area contributed by atoms with Gasteiger partial charge in [-0.05, 0) is 52.3 Å². The minimum atomic E-state index is -1.33. The Kier molecular flexibility index (Phi) is 5.98. The number of carboxylic acids is 1. The molecule has 1 aromatic heterocycles. The number of non-ortho nitro benzene ring substituents is 1. The monoisotopic (exact) mass is 469 g/mol. The maximum Gasteiger partial charge on any atom is 0.336 e. The fraction of sp³-hybridized carbons (Fsp3) is 0. The number of imide groups is 1. The van der Waals surface area contributed by atoms with Gasteiger partial charge in [0.15, 0.2) is 0 Å². The number of rotatable bonds is 5. The Bertz CT molecular complexity index is 1150. The summed E-state index contributed by atoms with van der Waals surface area (Å²) in [5.74, 6) is -3.08. The first-order valence-electron chi connectivity index (χ1n) is 8.36. The first-order chi connectivity index (χ1) is 14.3. The molecule has 9 nitrogen and oxygen atoms in total. The molecule has 10 heteroatoms. The molecule has 30 heavy (non-hydrogen) atoms. The van der Waals surface area contributed by atoms with Crippen LogP contribution in [0.15, 0.2) is 71.3 Å². The summed E-state index contributed by atoms with van der Waals surface area (Å²) in [5.41, 5.74) is -0.708. The first kappa shape index (κ1) is 20.8. The summed E-state index contributed by atoms with van der Waals surface area (Å²) >= 11 is 3.22. The molecule has 0 fully saturated rings. The fourth-order valence-electron chi connectivity index (χ4n) is 2.63. The fourth-order valence-corrected chi connectivity index (χ4v) is 2.87. The molecule has 0 atom stereocenters. The number of carboxylic acid groups (broad SMARTS) is 1. The molecule has 0 bridgehead atoms. The summed E-state index contributed by atoms with van der Waals surface area (Å²) < 4.78 is 0.604. The zero-order valence-corrected chi connectivity index (χ0v) is 16.6. The van der Waals surface area contributed by atoms with Crippen LogP contribution < -0.4 is 4.90 Å². The average Bonchev–Trinajstić information content (AvgIpc) is 2.75. The molecule has 1 heterocycles. The Morgan fingerprint density at radius 3 is 2.10 bits per heavy atom. The molecule has 3 rings (SSSR count). The van der Waals surface area contributed by atoms with Gasteiger partial charge in [0, 0.05) is 28.4 Å². The van der Waals surface area contributed by atoms with Crippen LogP contribution in [0.5, 0.6) is 0 Å². The van der Waals surface area contributed by atoms with Gasteiger partial charge in [-0.25, -0.2) is 14.7 Å². The van der Waals surface area contributed by atoms with Gasteiger partial charge in [0.25, 0.3) is 17.5 Å². The summed E-state index contributed by atoms with van der Waals surface area (Å²) in [4.78, 5) is 52.9. The summed E-state index contributed by atoms with van der Waals surface area (Å²) in [6.07, 6.45) is 1.38. The van der Waals surface area contributed by atoms with Crippen LogP contribution >= 0.6 is 15.9 Å².